The van der Waals surface area contributed by atoms with Crippen LogP contribution in [-0.4, -0.2) is 18.6 Å². The van der Waals surface area contributed by atoms with Crippen LogP contribution in [0.25, 0.3) is 9.88 Å². The Bertz CT molecular complexity index is 436. The molecular weight excluding hydrogens is 292 g/mol. The highest BCUT2D eigenvalue weighted by Gasteiger charge is 2.06. The molecule has 0 aliphatic heterocycles. The van der Waals surface area contributed by atoms with Gasteiger partial charge >= 0.3 is 0 Å². The first-order valence-corrected chi connectivity index (χ1v) is 7.18. The molecule has 0 aliphatic rings. The number of halogens is 1. The standard InChI is InChI=1S/C10H11BrN2S2/c1-12-3-2-8-6-15-10(13-8)9-4-7(11)5-14-9/h4-6,12H,2-3H2,1H3. The highest BCUT2D eigenvalue weighted by atomic mass is 79.9. The number of thiazole rings is 1. The van der Waals surface area contributed by atoms with Crippen LogP contribution in [0.3, 0.4) is 0 Å². The number of thiophene rings is 1. The number of nitrogens with zero attached hydrogens (tertiary/aromatic N) is 1. The zero-order chi connectivity index (χ0) is 10.7. The van der Waals surface area contributed by atoms with Crippen molar-refractivity contribution in [3.63, 3.8) is 0 Å². The third-order valence-corrected chi connectivity index (χ3v) is 4.71. The van der Waals surface area contributed by atoms with Crippen LogP contribution >= 0.6 is 38.6 Å². The maximum Gasteiger partial charge on any atom is 0.133 e. The van der Waals surface area contributed by atoms with Gasteiger partial charge in [0.15, 0.2) is 0 Å². The van der Waals surface area contributed by atoms with Crippen molar-refractivity contribution in [3.05, 3.63) is 27.0 Å². The number of hydrogen-bond donors (Lipinski definition) is 1. The van der Waals surface area contributed by atoms with E-state index in [1.165, 1.54) is 10.6 Å². The van der Waals surface area contributed by atoms with Gasteiger partial charge in [0, 0.05) is 28.2 Å². The topological polar surface area (TPSA) is 24.9 Å². The lowest BCUT2D eigenvalue weighted by atomic mass is 10.3. The Morgan fingerprint density at radius 1 is 1.40 bits per heavy atom. The van der Waals surface area contributed by atoms with Crippen molar-refractivity contribution >= 4 is 38.6 Å². The normalized spacial score (nSPS) is 10.8. The van der Waals surface area contributed by atoms with E-state index in [9.17, 15) is 0 Å². The maximum absolute atomic E-state index is 4.60. The van der Waals surface area contributed by atoms with Gasteiger partial charge in [0.2, 0.25) is 0 Å². The summed E-state index contributed by atoms with van der Waals surface area (Å²) in [6.45, 7) is 0.983. The van der Waals surface area contributed by atoms with E-state index in [4.69, 9.17) is 0 Å². The number of hydrogen-bond acceptors (Lipinski definition) is 4. The first-order chi connectivity index (χ1) is 7.29. The van der Waals surface area contributed by atoms with Crippen LogP contribution in [0, 0.1) is 0 Å². The number of likely N-dealkylation sites (N-methyl/N-ethyl adjacent to an activating group) is 1. The van der Waals surface area contributed by atoms with Crippen molar-refractivity contribution in [1.82, 2.24) is 10.3 Å². The molecule has 2 aromatic heterocycles. The van der Waals surface area contributed by atoms with Gasteiger partial charge in [-0.2, -0.15) is 0 Å². The third kappa shape index (κ3) is 2.87. The summed E-state index contributed by atoms with van der Waals surface area (Å²) < 4.78 is 1.13. The molecule has 80 valence electrons. The second-order valence-electron chi connectivity index (χ2n) is 3.13. The monoisotopic (exact) mass is 302 g/mol. The summed E-state index contributed by atoms with van der Waals surface area (Å²) in [5, 5.41) is 8.48. The molecule has 2 aromatic rings. The summed E-state index contributed by atoms with van der Waals surface area (Å²) in [5.74, 6) is 0. The van der Waals surface area contributed by atoms with Crippen LogP contribution in [0.15, 0.2) is 21.3 Å². The van der Waals surface area contributed by atoms with Crippen LogP contribution in [0.1, 0.15) is 5.69 Å². The Hall–Kier alpha value is -0.230. The van der Waals surface area contributed by atoms with E-state index in [0.717, 1.165) is 22.4 Å². The fourth-order valence-electron chi connectivity index (χ4n) is 1.21. The minimum absolute atomic E-state index is 0.983. The average molecular weight is 303 g/mol. The molecule has 0 bridgehead atoms. The summed E-state index contributed by atoms with van der Waals surface area (Å²) in [5.41, 5.74) is 1.17. The highest BCUT2D eigenvalue weighted by Crippen LogP contribution is 2.31. The molecule has 0 aliphatic carbocycles. The molecule has 0 saturated heterocycles. The molecule has 0 unspecified atom stereocenters. The Labute approximate surface area is 106 Å². The first-order valence-electron chi connectivity index (χ1n) is 4.63. The van der Waals surface area contributed by atoms with Crippen LogP contribution in [0.5, 0.6) is 0 Å². The Balaban J connectivity index is 2.13. The van der Waals surface area contributed by atoms with E-state index in [0.29, 0.717) is 0 Å². The Morgan fingerprint density at radius 2 is 2.27 bits per heavy atom. The van der Waals surface area contributed by atoms with Gasteiger partial charge in [0.05, 0.1) is 10.6 Å². The lowest BCUT2D eigenvalue weighted by Gasteiger charge is -1.93. The fourth-order valence-corrected chi connectivity index (χ4v) is 3.58. The SMILES string of the molecule is CNCCc1csc(-c2cc(Br)cs2)n1. The van der Waals surface area contributed by atoms with Crippen LogP contribution in [0.2, 0.25) is 0 Å². The summed E-state index contributed by atoms with van der Waals surface area (Å²) in [6, 6.07) is 2.12. The molecule has 0 atom stereocenters. The zero-order valence-corrected chi connectivity index (χ0v) is 11.5. The number of nitrogens with one attached hydrogen (secondary N) is 1. The molecular formula is C10H11BrN2S2. The molecule has 2 rings (SSSR count). The van der Waals surface area contributed by atoms with E-state index in [-0.39, 0.29) is 0 Å². The lowest BCUT2D eigenvalue weighted by molar-refractivity contribution is 0.781. The van der Waals surface area contributed by atoms with Gasteiger partial charge in [-0.25, -0.2) is 4.98 Å². The van der Waals surface area contributed by atoms with Gasteiger partial charge in [0.1, 0.15) is 5.01 Å². The van der Waals surface area contributed by atoms with E-state index in [1.54, 1.807) is 22.7 Å². The lowest BCUT2D eigenvalue weighted by Crippen LogP contribution is -2.10. The first kappa shape index (κ1) is 11.3. The molecule has 2 heterocycles. The van der Waals surface area contributed by atoms with Crippen molar-refractivity contribution in [2.24, 2.45) is 0 Å². The van der Waals surface area contributed by atoms with Crippen molar-refractivity contribution in [3.8, 4) is 9.88 Å². The van der Waals surface area contributed by atoms with Gasteiger partial charge in [-0.15, -0.1) is 22.7 Å². The predicted molar refractivity (Wildman–Crippen MR) is 70.8 cm³/mol. The molecule has 0 spiro atoms. The van der Waals surface area contributed by atoms with Crippen LogP contribution in [-0.2, 0) is 6.42 Å². The van der Waals surface area contributed by atoms with Crippen molar-refractivity contribution in [2.45, 2.75) is 6.42 Å². The second kappa shape index (κ2) is 5.21. The van der Waals surface area contributed by atoms with Crippen molar-refractivity contribution < 1.29 is 0 Å². The fraction of sp³-hybridized carbons (Fsp3) is 0.300. The minimum atomic E-state index is 0.983. The van der Waals surface area contributed by atoms with Gasteiger partial charge in [0.25, 0.3) is 0 Å². The molecule has 0 fully saturated rings. The summed E-state index contributed by atoms with van der Waals surface area (Å²) in [6.07, 6.45) is 1.000. The highest BCUT2D eigenvalue weighted by molar-refractivity contribution is 9.10. The predicted octanol–water partition coefficient (Wildman–Crippen LogP) is 3.40. The number of rotatable bonds is 4. The van der Waals surface area contributed by atoms with Gasteiger partial charge < -0.3 is 5.32 Å². The molecule has 2 nitrogen and oxygen atoms in total. The van der Waals surface area contributed by atoms with E-state index < -0.39 is 0 Å². The quantitative estimate of drug-likeness (QED) is 0.936. The van der Waals surface area contributed by atoms with Crippen LogP contribution < -0.4 is 5.32 Å². The summed E-state index contributed by atoms with van der Waals surface area (Å²) >= 11 is 6.90. The second-order valence-corrected chi connectivity index (χ2v) is 5.81. The van der Waals surface area contributed by atoms with Gasteiger partial charge in [-0.1, -0.05) is 0 Å². The Morgan fingerprint density at radius 3 is 2.93 bits per heavy atom. The molecule has 0 amide bonds. The largest absolute Gasteiger partial charge is 0.319 e. The van der Waals surface area contributed by atoms with Crippen molar-refractivity contribution in [2.75, 3.05) is 13.6 Å². The summed E-state index contributed by atoms with van der Waals surface area (Å²) in [7, 11) is 1.96. The molecule has 5 heteroatoms. The van der Waals surface area contributed by atoms with Crippen molar-refractivity contribution in [1.29, 1.82) is 0 Å². The molecule has 0 radical (unpaired) electrons. The van der Waals surface area contributed by atoms with E-state index in [2.05, 4.69) is 43.1 Å². The maximum atomic E-state index is 4.60. The van der Waals surface area contributed by atoms with E-state index >= 15 is 0 Å². The minimum Gasteiger partial charge on any atom is -0.319 e. The molecule has 1 N–H and O–H groups in total. The molecule has 0 aromatic carbocycles. The molecule has 0 saturated carbocycles. The van der Waals surface area contributed by atoms with Gasteiger partial charge in [-0.3, -0.25) is 0 Å². The van der Waals surface area contributed by atoms with Gasteiger partial charge in [-0.05, 0) is 29.0 Å². The summed E-state index contributed by atoms with van der Waals surface area (Å²) in [4.78, 5) is 5.84. The third-order valence-electron chi connectivity index (χ3n) is 1.96. The average Bonchev–Trinajstić information content (AvgIpc) is 2.83. The number of aromatic nitrogens is 1. The zero-order valence-electron chi connectivity index (χ0n) is 8.29. The van der Waals surface area contributed by atoms with E-state index in [1.807, 2.05) is 7.05 Å². The Kier molecular flexibility index (Phi) is 3.91. The smallest absolute Gasteiger partial charge is 0.133 e. The van der Waals surface area contributed by atoms with Crippen LogP contribution in [0.4, 0.5) is 0 Å². The molecule has 15 heavy (non-hydrogen) atoms.